The Balaban J connectivity index is 1.59. The number of benzene rings is 2. The monoisotopic (exact) mass is 446 g/mol. The van der Waals surface area contributed by atoms with Crippen LogP contribution in [0.5, 0.6) is 0 Å². The number of rotatable bonds is 5. The molecule has 2 amide bonds. The summed E-state index contributed by atoms with van der Waals surface area (Å²) in [6.45, 7) is 3.53. The van der Waals surface area contributed by atoms with Crippen molar-refractivity contribution in [2.75, 3.05) is 29.9 Å². The van der Waals surface area contributed by atoms with Crippen molar-refractivity contribution in [2.45, 2.75) is 19.8 Å². The van der Waals surface area contributed by atoms with Crippen LogP contribution >= 0.6 is 27.7 Å². The number of anilines is 1. The van der Waals surface area contributed by atoms with E-state index in [0.29, 0.717) is 18.4 Å². The lowest BCUT2D eigenvalue weighted by molar-refractivity contribution is -0.116. The van der Waals surface area contributed by atoms with Crippen LogP contribution in [0.25, 0.3) is 0 Å². The fourth-order valence-corrected chi connectivity index (χ4v) is 4.43. The molecule has 3 rings (SSSR count). The molecular formula is C21H23BrN2O2S. The van der Waals surface area contributed by atoms with Crippen molar-refractivity contribution in [3.63, 3.8) is 0 Å². The molecule has 1 saturated heterocycles. The Hall–Kier alpha value is -1.79. The Morgan fingerprint density at radius 1 is 1.15 bits per heavy atom. The van der Waals surface area contributed by atoms with Gasteiger partial charge in [-0.3, -0.25) is 9.59 Å². The molecule has 1 heterocycles. The van der Waals surface area contributed by atoms with Crippen LogP contribution in [0.15, 0.2) is 46.9 Å². The summed E-state index contributed by atoms with van der Waals surface area (Å²) in [5, 5.41) is 2.96. The highest BCUT2D eigenvalue weighted by Gasteiger charge is 2.19. The van der Waals surface area contributed by atoms with Crippen molar-refractivity contribution in [3.05, 3.63) is 63.6 Å². The number of amides is 2. The van der Waals surface area contributed by atoms with E-state index in [1.807, 2.05) is 60.0 Å². The van der Waals surface area contributed by atoms with Crippen molar-refractivity contribution < 1.29 is 9.59 Å². The number of halogens is 1. The van der Waals surface area contributed by atoms with Gasteiger partial charge in [-0.1, -0.05) is 34.1 Å². The van der Waals surface area contributed by atoms with E-state index in [1.54, 1.807) is 6.07 Å². The Morgan fingerprint density at radius 2 is 1.89 bits per heavy atom. The van der Waals surface area contributed by atoms with Gasteiger partial charge in [0.05, 0.1) is 0 Å². The molecule has 1 aliphatic rings. The zero-order valence-corrected chi connectivity index (χ0v) is 17.7. The number of carbonyl (C=O) groups excluding carboxylic acids is 2. The molecule has 4 nitrogen and oxygen atoms in total. The van der Waals surface area contributed by atoms with E-state index in [2.05, 4.69) is 21.2 Å². The first-order chi connectivity index (χ1) is 13.0. The van der Waals surface area contributed by atoms with E-state index >= 15 is 0 Å². The van der Waals surface area contributed by atoms with Crippen molar-refractivity contribution in [2.24, 2.45) is 0 Å². The predicted molar refractivity (Wildman–Crippen MR) is 116 cm³/mol. The third-order valence-corrected chi connectivity index (χ3v) is 6.34. The first-order valence-corrected chi connectivity index (χ1v) is 11.0. The molecule has 6 heteroatoms. The number of thioether (sulfide) groups is 1. The van der Waals surface area contributed by atoms with Crippen molar-refractivity contribution in [3.8, 4) is 0 Å². The van der Waals surface area contributed by atoms with E-state index in [4.69, 9.17) is 0 Å². The Kier molecular flexibility index (Phi) is 6.96. The van der Waals surface area contributed by atoms with Gasteiger partial charge in [0, 0.05) is 46.7 Å². The molecule has 0 atom stereocenters. The fourth-order valence-electron chi connectivity index (χ4n) is 3.05. The van der Waals surface area contributed by atoms with Crippen LogP contribution in [-0.2, 0) is 11.2 Å². The summed E-state index contributed by atoms with van der Waals surface area (Å²) in [6, 6.07) is 13.4. The summed E-state index contributed by atoms with van der Waals surface area (Å²) in [5.41, 5.74) is 3.47. The number of hydrogen-bond donors (Lipinski definition) is 1. The number of carbonyl (C=O) groups is 2. The van der Waals surface area contributed by atoms with Crippen LogP contribution < -0.4 is 5.32 Å². The second kappa shape index (κ2) is 9.42. The topological polar surface area (TPSA) is 49.4 Å². The lowest BCUT2D eigenvalue weighted by Crippen LogP contribution is -2.37. The van der Waals surface area contributed by atoms with Gasteiger partial charge < -0.3 is 10.2 Å². The molecule has 1 aliphatic heterocycles. The third-order valence-electron chi connectivity index (χ3n) is 4.62. The maximum atomic E-state index is 12.6. The zero-order chi connectivity index (χ0) is 19.2. The van der Waals surface area contributed by atoms with Gasteiger partial charge >= 0.3 is 0 Å². The number of nitrogens with zero attached hydrogens (tertiary/aromatic N) is 1. The molecule has 0 aromatic heterocycles. The minimum atomic E-state index is -0.0269. The maximum absolute atomic E-state index is 12.6. The molecule has 0 aliphatic carbocycles. The summed E-state index contributed by atoms with van der Waals surface area (Å²) in [6.07, 6.45) is 1.09. The van der Waals surface area contributed by atoms with Gasteiger partial charge in [0.2, 0.25) is 5.91 Å². The molecule has 2 aromatic rings. The number of aryl methyl sites for hydroxylation is 2. The van der Waals surface area contributed by atoms with Gasteiger partial charge in [-0.05, 0) is 48.7 Å². The lowest BCUT2D eigenvalue weighted by atomic mass is 10.1. The Labute approximate surface area is 172 Å². The molecule has 27 heavy (non-hydrogen) atoms. The van der Waals surface area contributed by atoms with Gasteiger partial charge in [-0.25, -0.2) is 0 Å². The fraction of sp³-hybridized carbons (Fsp3) is 0.333. The molecule has 0 unspecified atom stereocenters. The standard InChI is InChI=1S/C21H23BrN2O2S/c1-15-14-17(21(26)24-10-12-27-13-11-24)6-8-19(15)23-20(25)9-7-16-4-2-3-5-18(16)22/h2-6,8,14H,7,9-13H2,1H3,(H,23,25). The average Bonchev–Trinajstić information content (AvgIpc) is 2.69. The summed E-state index contributed by atoms with van der Waals surface area (Å²) >= 11 is 5.39. The molecular weight excluding hydrogens is 424 g/mol. The number of nitrogens with one attached hydrogen (secondary N) is 1. The van der Waals surface area contributed by atoms with Crippen molar-refractivity contribution in [1.82, 2.24) is 4.90 Å². The molecule has 1 fully saturated rings. The first kappa shape index (κ1) is 20.0. The van der Waals surface area contributed by atoms with E-state index < -0.39 is 0 Å². The lowest BCUT2D eigenvalue weighted by Gasteiger charge is -2.26. The van der Waals surface area contributed by atoms with E-state index in [-0.39, 0.29) is 11.8 Å². The summed E-state index contributed by atoms with van der Waals surface area (Å²) in [5.74, 6) is 2.04. The van der Waals surface area contributed by atoms with Crippen LogP contribution in [0.4, 0.5) is 5.69 Å². The number of hydrogen-bond acceptors (Lipinski definition) is 3. The third kappa shape index (κ3) is 5.36. The molecule has 0 bridgehead atoms. The largest absolute Gasteiger partial charge is 0.337 e. The smallest absolute Gasteiger partial charge is 0.253 e. The maximum Gasteiger partial charge on any atom is 0.253 e. The van der Waals surface area contributed by atoms with Crippen LogP contribution in [0, 0.1) is 6.92 Å². The van der Waals surface area contributed by atoms with Crippen LogP contribution in [-0.4, -0.2) is 41.3 Å². The molecule has 0 radical (unpaired) electrons. The van der Waals surface area contributed by atoms with E-state index in [9.17, 15) is 9.59 Å². The SMILES string of the molecule is Cc1cc(C(=O)N2CCSCC2)ccc1NC(=O)CCc1ccccc1Br. The van der Waals surface area contributed by atoms with Crippen LogP contribution in [0.1, 0.15) is 27.9 Å². The van der Waals surface area contributed by atoms with Gasteiger partial charge in [0.25, 0.3) is 5.91 Å². The zero-order valence-electron chi connectivity index (χ0n) is 15.3. The Bertz CT molecular complexity index is 835. The average molecular weight is 447 g/mol. The first-order valence-electron chi connectivity index (χ1n) is 9.05. The molecule has 1 N–H and O–H groups in total. The quantitative estimate of drug-likeness (QED) is 0.734. The van der Waals surface area contributed by atoms with Crippen LogP contribution in [0.2, 0.25) is 0 Å². The van der Waals surface area contributed by atoms with Crippen molar-refractivity contribution >= 4 is 45.2 Å². The van der Waals surface area contributed by atoms with Crippen LogP contribution in [0.3, 0.4) is 0 Å². The van der Waals surface area contributed by atoms with Gasteiger partial charge in [0.1, 0.15) is 0 Å². The second-order valence-corrected chi connectivity index (χ2v) is 8.65. The molecule has 2 aromatic carbocycles. The highest BCUT2D eigenvalue weighted by Crippen LogP contribution is 2.21. The molecule has 0 spiro atoms. The van der Waals surface area contributed by atoms with E-state index in [1.165, 1.54) is 0 Å². The van der Waals surface area contributed by atoms with Crippen molar-refractivity contribution in [1.29, 1.82) is 0 Å². The highest BCUT2D eigenvalue weighted by atomic mass is 79.9. The van der Waals surface area contributed by atoms with Gasteiger partial charge in [0.15, 0.2) is 0 Å². The second-order valence-electron chi connectivity index (χ2n) is 6.57. The normalized spacial score (nSPS) is 14.1. The summed E-state index contributed by atoms with van der Waals surface area (Å²) < 4.78 is 1.02. The predicted octanol–water partition coefficient (Wildman–Crippen LogP) is 4.52. The van der Waals surface area contributed by atoms with E-state index in [0.717, 1.165) is 45.9 Å². The summed E-state index contributed by atoms with van der Waals surface area (Å²) in [4.78, 5) is 26.8. The highest BCUT2D eigenvalue weighted by molar-refractivity contribution is 9.10. The van der Waals surface area contributed by atoms with Gasteiger partial charge in [-0.15, -0.1) is 0 Å². The minimum absolute atomic E-state index is 0.0269. The molecule has 0 saturated carbocycles. The summed E-state index contributed by atoms with van der Waals surface area (Å²) in [7, 11) is 0. The Morgan fingerprint density at radius 3 is 2.59 bits per heavy atom. The van der Waals surface area contributed by atoms with Gasteiger partial charge in [-0.2, -0.15) is 11.8 Å². The molecule has 142 valence electrons. The minimum Gasteiger partial charge on any atom is -0.337 e.